The first-order valence-corrected chi connectivity index (χ1v) is 7.44. The van der Waals surface area contributed by atoms with Gasteiger partial charge in [0, 0.05) is 6.42 Å². The molecule has 0 radical (unpaired) electrons. The van der Waals surface area contributed by atoms with E-state index >= 15 is 0 Å². The Bertz CT molecular complexity index is 347. The average molecular weight is 310 g/mol. The zero-order valence-electron chi connectivity index (χ0n) is 13.1. The van der Waals surface area contributed by atoms with Gasteiger partial charge in [-0.05, 0) is 51.4 Å². The maximum absolute atomic E-state index is 12.1. The Labute approximate surface area is 124 Å². The van der Waals surface area contributed by atoms with Crippen LogP contribution in [0.2, 0.25) is 0 Å². The summed E-state index contributed by atoms with van der Waals surface area (Å²) < 4.78 is 45.5. The second-order valence-corrected chi connectivity index (χ2v) is 6.72. The second kappa shape index (κ2) is 6.99. The zero-order chi connectivity index (χ0) is 16.3. The Kier molecular flexibility index (Phi) is 6.08. The highest BCUT2D eigenvalue weighted by Gasteiger charge is 2.40. The fraction of sp³-hybridized carbons (Fsp3) is 0.933. The fourth-order valence-electron chi connectivity index (χ4n) is 3.01. The molecule has 0 N–H and O–H groups in total. The number of esters is 1. The SMILES string of the molecule is CCC1CCC(COC(C)(C)C)C1CC(=O)OC(F)(F)F. The molecule has 1 aliphatic rings. The smallest absolute Gasteiger partial charge is 0.376 e. The van der Waals surface area contributed by atoms with Gasteiger partial charge in [-0.25, -0.2) is 0 Å². The highest BCUT2D eigenvalue weighted by Crippen LogP contribution is 2.42. The molecule has 3 nitrogen and oxygen atoms in total. The molecule has 1 aliphatic carbocycles. The van der Waals surface area contributed by atoms with Crippen LogP contribution < -0.4 is 0 Å². The van der Waals surface area contributed by atoms with Crippen molar-refractivity contribution < 1.29 is 27.4 Å². The summed E-state index contributed by atoms with van der Waals surface area (Å²) in [4.78, 5) is 11.4. The molecule has 1 rings (SSSR count). The predicted molar refractivity (Wildman–Crippen MR) is 72.5 cm³/mol. The molecular weight excluding hydrogens is 285 g/mol. The third-order valence-electron chi connectivity index (χ3n) is 4.01. The molecule has 124 valence electrons. The lowest BCUT2D eigenvalue weighted by Crippen LogP contribution is -2.29. The lowest BCUT2D eigenvalue weighted by Gasteiger charge is -2.27. The Hall–Kier alpha value is -0.780. The summed E-state index contributed by atoms with van der Waals surface area (Å²) in [6, 6.07) is 0. The fourth-order valence-corrected chi connectivity index (χ4v) is 3.01. The molecule has 21 heavy (non-hydrogen) atoms. The van der Waals surface area contributed by atoms with Gasteiger partial charge in [0.25, 0.3) is 0 Å². The largest absolute Gasteiger partial charge is 0.575 e. The van der Waals surface area contributed by atoms with Gasteiger partial charge in [-0.15, -0.1) is 13.2 Å². The monoisotopic (exact) mass is 310 g/mol. The lowest BCUT2D eigenvalue weighted by molar-refractivity contribution is -0.306. The number of carbonyl (C=O) groups is 1. The number of rotatable bonds is 5. The summed E-state index contributed by atoms with van der Waals surface area (Å²) in [6.45, 7) is 8.29. The summed E-state index contributed by atoms with van der Waals surface area (Å²) in [7, 11) is 0. The van der Waals surface area contributed by atoms with Crippen molar-refractivity contribution in [2.75, 3.05) is 6.61 Å². The number of halogens is 3. The van der Waals surface area contributed by atoms with E-state index in [2.05, 4.69) is 4.74 Å². The van der Waals surface area contributed by atoms with E-state index in [9.17, 15) is 18.0 Å². The number of hydrogen-bond donors (Lipinski definition) is 0. The second-order valence-electron chi connectivity index (χ2n) is 6.72. The molecular formula is C15H25F3O3. The molecule has 3 unspecified atom stereocenters. The molecule has 1 saturated carbocycles. The molecule has 0 bridgehead atoms. The van der Waals surface area contributed by atoms with Crippen LogP contribution in [-0.4, -0.2) is 24.5 Å². The zero-order valence-corrected chi connectivity index (χ0v) is 13.1. The topological polar surface area (TPSA) is 35.5 Å². The van der Waals surface area contributed by atoms with Crippen molar-refractivity contribution in [1.29, 1.82) is 0 Å². The quantitative estimate of drug-likeness (QED) is 0.710. The molecule has 3 atom stereocenters. The first-order valence-electron chi connectivity index (χ1n) is 7.44. The lowest BCUT2D eigenvalue weighted by atomic mass is 9.85. The van der Waals surface area contributed by atoms with Crippen molar-refractivity contribution >= 4 is 5.97 Å². The summed E-state index contributed by atoms with van der Waals surface area (Å²) >= 11 is 0. The van der Waals surface area contributed by atoms with Gasteiger partial charge in [-0.2, -0.15) is 0 Å². The van der Waals surface area contributed by atoms with Crippen LogP contribution >= 0.6 is 0 Å². The van der Waals surface area contributed by atoms with Gasteiger partial charge >= 0.3 is 12.3 Å². The van der Waals surface area contributed by atoms with Gasteiger partial charge in [-0.3, -0.25) is 4.79 Å². The van der Waals surface area contributed by atoms with E-state index in [4.69, 9.17) is 4.74 Å². The van der Waals surface area contributed by atoms with Crippen molar-refractivity contribution in [2.45, 2.75) is 65.3 Å². The van der Waals surface area contributed by atoms with Crippen LogP contribution in [0.15, 0.2) is 0 Å². The number of hydrogen-bond acceptors (Lipinski definition) is 3. The molecule has 6 heteroatoms. The van der Waals surface area contributed by atoms with Crippen LogP contribution in [0.25, 0.3) is 0 Å². The Balaban J connectivity index is 2.61. The van der Waals surface area contributed by atoms with Crippen LogP contribution in [0.3, 0.4) is 0 Å². The Morgan fingerprint density at radius 1 is 1.14 bits per heavy atom. The maximum atomic E-state index is 12.1. The van der Waals surface area contributed by atoms with E-state index in [1.165, 1.54) is 0 Å². The van der Waals surface area contributed by atoms with Crippen LogP contribution in [0, 0.1) is 17.8 Å². The van der Waals surface area contributed by atoms with Gasteiger partial charge in [0.2, 0.25) is 0 Å². The van der Waals surface area contributed by atoms with E-state index in [1.807, 2.05) is 27.7 Å². The van der Waals surface area contributed by atoms with E-state index in [0.29, 0.717) is 6.61 Å². The van der Waals surface area contributed by atoms with Crippen molar-refractivity contribution in [2.24, 2.45) is 17.8 Å². The minimum absolute atomic E-state index is 0.0906. The molecule has 1 fully saturated rings. The molecule has 0 saturated heterocycles. The van der Waals surface area contributed by atoms with Crippen molar-refractivity contribution in [3.63, 3.8) is 0 Å². The molecule has 0 spiro atoms. The van der Waals surface area contributed by atoms with Gasteiger partial charge in [0.1, 0.15) is 0 Å². The summed E-state index contributed by atoms with van der Waals surface area (Å²) in [5.41, 5.74) is -0.290. The maximum Gasteiger partial charge on any atom is 0.575 e. The minimum Gasteiger partial charge on any atom is -0.376 e. The van der Waals surface area contributed by atoms with Crippen LogP contribution in [0.4, 0.5) is 13.2 Å². The molecule has 0 aromatic carbocycles. The highest BCUT2D eigenvalue weighted by molar-refractivity contribution is 5.70. The van der Waals surface area contributed by atoms with Crippen LogP contribution in [0.1, 0.15) is 53.4 Å². The third-order valence-corrected chi connectivity index (χ3v) is 4.01. The van der Waals surface area contributed by atoms with Gasteiger partial charge in [0.05, 0.1) is 12.2 Å². The first-order chi connectivity index (χ1) is 9.52. The van der Waals surface area contributed by atoms with Crippen molar-refractivity contribution in [3.05, 3.63) is 0 Å². The Morgan fingerprint density at radius 3 is 2.19 bits per heavy atom. The van der Waals surface area contributed by atoms with Crippen molar-refractivity contribution in [3.8, 4) is 0 Å². The molecule has 0 aromatic heterocycles. The molecule has 0 heterocycles. The van der Waals surface area contributed by atoms with E-state index < -0.39 is 12.3 Å². The predicted octanol–water partition coefficient (Wildman–Crippen LogP) is 4.31. The molecule has 0 aliphatic heterocycles. The highest BCUT2D eigenvalue weighted by atomic mass is 19.4. The van der Waals surface area contributed by atoms with E-state index in [1.54, 1.807) is 0 Å². The number of ether oxygens (including phenoxy) is 2. The van der Waals surface area contributed by atoms with Crippen molar-refractivity contribution in [1.82, 2.24) is 0 Å². The minimum atomic E-state index is -4.89. The van der Waals surface area contributed by atoms with Crippen LogP contribution in [-0.2, 0) is 14.3 Å². The number of carbonyl (C=O) groups excluding carboxylic acids is 1. The molecule has 0 amide bonds. The normalized spacial score (nSPS) is 26.9. The third kappa shape index (κ3) is 6.68. The molecule has 0 aromatic rings. The summed E-state index contributed by atoms with van der Waals surface area (Å²) in [5, 5.41) is 0. The van der Waals surface area contributed by atoms with Gasteiger partial charge in [0.15, 0.2) is 0 Å². The van der Waals surface area contributed by atoms with E-state index in [-0.39, 0.29) is 29.8 Å². The van der Waals surface area contributed by atoms with Gasteiger partial charge < -0.3 is 9.47 Å². The average Bonchev–Trinajstić information content (AvgIpc) is 2.65. The van der Waals surface area contributed by atoms with Gasteiger partial charge in [-0.1, -0.05) is 13.3 Å². The Morgan fingerprint density at radius 2 is 1.71 bits per heavy atom. The standard InChI is InChI=1S/C15H25F3O3/c1-5-10-6-7-11(9-20-14(2,3)4)12(10)8-13(19)21-15(16,17)18/h10-12H,5-9H2,1-4H3. The number of alkyl halides is 3. The first kappa shape index (κ1) is 18.3. The summed E-state index contributed by atoms with van der Waals surface area (Å²) in [5.74, 6) is -0.893. The van der Waals surface area contributed by atoms with Crippen LogP contribution in [0.5, 0.6) is 0 Å². The van der Waals surface area contributed by atoms with E-state index in [0.717, 1.165) is 19.3 Å². The summed E-state index contributed by atoms with van der Waals surface area (Å²) in [6.07, 6.45) is -2.40.